The Kier molecular flexibility index (Phi) is 4.37. The molecule has 0 bridgehead atoms. The van der Waals surface area contributed by atoms with E-state index in [4.69, 9.17) is 16.3 Å². The van der Waals surface area contributed by atoms with Crippen LogP contribution in [0.4, 0.5) is 0 Å². The standard InChI is InChI=1S/C15H15ClN2O3S2/c1-18-9-10(12-7-11(21-2)3-4-13(12)18)8-17-23(19,20)15-6-5-14(16)22-15/h3-7,9,17H,8H2,1-2H3. The van der Waals surface area contributed by atoms with E-state index >= 15 is 0 Å². The van der Waals surface area contributed by atoms with Gasteiger partial charge in [0, 0.05) is 30.7 Å². The van der Waals surface area contributed by atoms with Crippen molar-refractivity contribution in [2.75, 3.05) is 7.11 Å². The van der Waals surface area contributed by atoms with E-state index in [1.165, 1.54) is 6.07 Å². The predicted molar refractivity (Wildman–Crippen MR) is 92.8 cm³/mol. The number of hydrogen-bond donors (Lipinski definition) is 1. The van der Waals surface area contributed by atoms with Crippen LogP contribution in [-0.4, -0.2) is 20.1 Å². The molecular formula is C15H15ClN2O3S2. The van der Waals surface area contributed by atoms with Gasteiger partial charge in [-0.1, -0.05) is 11.6 Å². The number of nitrogens with zero attached hydrogens (tertiary/aromatic N) is 1. The highest BCUT2D eigenvalue weighted by Gasteiger charge is 2.17. The molecule has 0 amide bonds. The highest BCUT2D eigenvalue weighted by Crippen LogP contribution is 2.27. The van der Waals surface area contributed by atoms with Gasteiger partial charge in [0.25, 0.3) is 0 Å². The van der Waals surface area contributed by atoms with Crippen molar-refractivity contribution in [3.63, 3.8) is 0 Å². The fourth-order valence-electron chi connectivity index (χ4n) is 2.41. The second-order valence-corrected chi connectivity index (χ2v) is 8.74. The molecule has 8 heteroatoms. The molecule has 2 heterocycles. The number of nitrogens with one attached hydrogen (secondary N) is 1. The van der Waals surface area contributed by atoms with Crippen molar-refractivity contribution in [2.45, 2.75) is 10.8 Å². The van der Waals surface area contributed by atoms with Gasteiger partial charge in [-0.05, 0) is 35.9 Å². The number of ether oxygens (including phenoxy) is 1. The number of fused-ring (bicyclic) bond motifs is 1. The zero-order valence-corrected chi connectivity index (χ0v) is 14.9. The lowest BCUT2D eigenvalue weighted by Crippen LogP contribution is -2.22. The largest absolute Gasteiger partial charge is 0.497 e. The highest BCUT2D eigenvalue weighted by atomic mass is 35.5. The Bertz CT molecular complexity index is 960. The smallest absolute Gasteiger partial charge is 0.250 e. The third kappa shape index (κ3) is 3.23. The third-order valence-electron chi connectivity index (χ3n) is 3.55. The molecule has 0 fully saturated rings. The number of aryl methyl sites for hydroxylation is 1. The van der Waals surface area contributed by atoms with Gasteiger partial charge < -0.3 is 9.30 Å². The lowest BCUT2D eigenvalue weighted by atomic mass is 10.1. The second kappa shape index (κ2) is 6.16. The maximum Gasteiger partial charge on any atom is 0.250 e. The van der Waals surface area contributed by atoms with E-state index in [-0.39, 0.29) is 10.8 Å². The Morgan fingerprint density at radius 3 is 2.74 bits per heavy atom. The monoisotopic (exact) mass is 370 g/mol. The summed E-state index contributed by atoms with van der Waals surface area (Å²) in [6.45, 7) is 0.197. The van der Waals surface area contributed by atoms with Crippen LogP contribution >= 0.6 is 22.9 Å². The molecule has 0 saturated heterocycles. The second-order valence-electron chi connectivity index (χ2n) is 5.03. The molecule has 1 aromatic carbocycles. The summed E-state index contributed by atoms with van der Waals surface area (Å²) in [5.41, 5.74) is 1.90. The van der Waals surface area contributed by atoms with Crippen molar-refractivity contribution < 1.29 is 13.2 Å². The van der Waals surface area contributed by atoms with E-state index in [0.29, 0.717) is 4.34 Å². The van der Waals surface area contributed by atoms with Gasteiger partial charge in [-0.2, -0.15) is 0 Å². The Balaban J connectivity index is 1.90. The first-order valence-corrected chi connectivity index (χ1v) is 9.45. The summed E-state index contributed by atoms with van der Waals surface area (Å²) in [4.78, 5) is 0. The Morgan fingerprint density at radius 1 is 1.30 bits per heavy atom. The Hall–Kier alpha value is -1.54. The number of methoxy groups -OCH3 is 1. The zero-order chi connectivity index (χ0) is 16.6. The van der Waals surface area contributed by atoms with Gasteiger partial charge in [-0.15, -0.1) is 11.3 Å². The summed E-state index contributed by atoms with van der Waals surface area (Å²) in [7, 11) is -0.0425. The average molecular weight is 371 g/mol. The van der Waals surface area contributed by atoms with Crippen molar-refractivity contribution in [2.24, 2.45) is 7.05 Å². The molecule has 0 radical (unpaired) electrons. The van der Waals surface area contributed by atoms with Crippen LogP contribution in [-0.2, 0) is 23.6 Å². The molecule has 0 aliphatic heterocycles. The molecule has 2 aromatic heterocycles. The topological polar surface area (TPSA) is 60.3 Å². The third-order valence-corrected chi connectivity index (χ3v) is 6.67. The lowest BCUT2D eigenvalue weighted by Gasteiger charge is -2.05. The first-order chi connectivity index (χ1) is 10.9. The number of benzene rings is 1. The molecule has 0 unspecified atom stereocenters. The van der Waals surface area contributed by atoms with E-state index in [1.807, 2.05) is 36.0 Å². The molecule has 5 nitrogen and oxygen atoms in total. The number of hydrogen-bond acceptors (Lipinski definition) is 4. The SMILES string of the molecule is COc1ccc2c(c1)c(CNS(=O)(=O)c1ccc(Cl)s1)cn2C. The van der Waals surface area contributed by atoms with Crippen molar-refractivity contribution in [1.82, 2.24) is 9.29 Å². The molecule has 1 N–H and O–H groups in total. The number of aromatic nitrogens is 1. The van der Waals surface area contributed by atoms with E-state index in [2.05, 4.69) is 4.72 Å². The molecule has 3 aromatic rings. The van der Waals surface area contributed by atoms with Crippen LogP contribution in [0.25, 0.3) is 10.9 Å². The molecule has 0 aliphatic rings. The normalized spacial score (nSPS) is 12.0. The Morgan fingerprint density at radius 2 is 2.09 bits per heavy atom. The molecule has 0 spiro atoms. The fourth-order valence-corrected chi connectivity index (χ4v) is 4.94. The van der Waals surface area contributed by atoms with Crippen molar-refractivity contribution in [3.8, 4) is 5.75 Å². The molecule has 0 aliphatic carbocycles. The summed E-state index contributed by atoms with van der Waals surface area (Å²) in [6.07, 6.45) is 1.91. The first kappa shape index (κ1) is 16.3. The zero-order valence-electron chi connectivity index (χ0n) is 12.5. The summed E-state index contributed by atoms with van der Waals surface area (Å²) < 4.78 is 35.1. The number of rotatable bonds is 5. The molecule has 122 valence electrons. The average Bonchev–Trinajstić information content (AvgIpc) is 3.10. The summed E-state index contributed by atoms with van der Waals surface area (Å²) in [5, 5.41) is 0.957. The van der Waals surface area contributed by atoms with Crippen molar-refractivity contribution in [1.29, 1.82) is 0 Å². The van der Waals surface area contributed by atoms with E-state index in [9.17, 15) is 8.42 Å². The maximum atomic E-state index is 12.3. The quantitative estimate of drug-likeness (QED) is 0.749. The van der Waals surface area contributed by atoms with Crippen LogP contribution in [0.3, 0.4) is 0 Å². The van der Waals surface area contributed by atoms with Crippen LogP contribution in [0.1, 0.15) is 5.56 Å². The summed E-state index contributed by atoms with van der Waals surface area (Å²) in [6, 6.07) is 8.81. The van der Waals surface area contributed by atoms with Gasteiger partial charge in [0.2, 0.25) is 10.0 Å². The Labute approximate surface area is 143 Å². The van der Waals surface area contributed by atoms with Gasteiger partial charge in [-0.25, -0.2) is 13.1 Å². The van der Waals surface area contributed by atoms with E-state index in [1.54, 1.807) is 13.2 Å². The molecule has 3 rings (SSSR count). The van der Waals surface area contributed by atoms with E-state index in [0.717, 1.165) is 33.6 Å². The van der Waals surface area contributed by atoms with Gasteiger partial charge in [-0.3, -0.25) is 0 Å². The van der Waals surface area contributed by atoms with Crippen LogP contribution in [0, 0.1) is 0 Å². The highest BCUT2D eigenvalue weighted by molar-refractivity contribution is 7.91. The first-order valence-electron chi connectivity index (χ1n) is 6.77. The minimum absolute atomic E-state index is 0.197. The lowest BCUT2D eigenvalue weighted by molar-refractivity contribution is 0.415. The molecular weight excluding hydrogens is 356 g/mol. The molecule has 0 saturated carbocycles. The van der Waals surface area contributed by atoms with E-state index < -0.39 is 10.0 Å². The molecule has 23 heavy (non-hydrogen) atoms. The molecule has 0 atom stereocenters. The minimum atomic E-state index is -3.57. The van der Waals surface area contributed by atoms with Gasteiger partial charge in [0.05, 0.1) is 11.4 Å². The van der Waals surface area contributed by atoms with Gasteiger partial charge >= 0.3 is 0 Å². The van der Waals surface area contributed by atoms with Gasteiger partial charge in [0.15, 0.2) is 0 Å². The van der Waals surface area contributed by atoms with Crippen molar-refractivity contribution in [3.05, 3.63) is 46.4 Å². The van der Waals surface area contributed by atoms with Crippen LogP contribution in [0.2, 0.25) is 4.34 Å². The predicted octanol–water partition coefficient (Wildman–Crippen LogP) is 3.38. The summed E-state index contributed by atoms with van der Waals surface area (Å²) in [5.74, 6) is 0.734. The van der Waals surface area contributed by atoms with Crippen LogP contribution in [0.15, 0.2) is 40.7 Å². The summed E-state index contributed by atoms with van der Waals surface area (Å²) >= 11 is 6.84. The minimum Gasteiger partial charge on any atom is -0.497 e. The number of halogens is 1. The maximum absolute atomic E-state index is 12.3. The fraction of sp³-hybridized carbons (Fsp3) is 0.200. The number of thiophene rings is 1. The van der Waals surface area contributed by atoms with Crippen LogP contribution in [0.5, 0.6) is 5.75 Å². The van der Waals surface area contributed by atoms with Gasteiger partial charge in [0.1, 0.15) is 9.96 Å². The van der Waals surface area contributed by atoms with Crippen molar-refractivity contribution >= 4 is 43.9 Å². The van der Waals surface area contributed by atoms with Crippen LogP contribution < -0.4 is 9.46 Å². The number of sulfonamides is 1.